The van der Waals surface area contributed by atoms with Gasteiger partial charge >= 0.3 is 17.9 Å². The van der Waals surface area contributed by atoms with E-state index in [1.807, 2.05) is 0 Å². The number of allylic oxidation sites excluding steroid dienone is 18. The van der Waals surface area contributed by atoms with Gasteiger partial charge < -0.3 is 14.2 Å². The molecule has 6 nitrogen and oxygen atoms in total. The summed E-state index contributed by atoms with van der Waals surface area (Å²) in [6.07, 6.45) is 81.1. The second-order valence-corrected chi connectivity index (χ2v) is 19.5. The molecule has 0 heterocycles. The fourth-order valence-electron chi connectivity index (χ4n) is 8.04. The highest BCUT2D eigenvalue weighted by atomic mass is 16.6. The first kappa shape index (κ1) is 68.1. The zero-order valence-corrected chi connectivity index (χ0v) is 46.9. The Bertz CT molecular complexity index is 1470. The van der Waals surface area contributed by atoms with Gasteiger partial charge in [-0.25, -0.2) is 0 Å². The van der Waals surface area contributed by atoms with Crippen LogP contribution in [0.2, 0.25) is 0 Å². The molecule has 0 spiro atoms. The maximum Gasteiger partial charge on any atom is 0.306 e. The highest BCUT2D eigenvalue weighted by Gasteiger charge is 2.19. The molecule has 0 N–H and O–H groups in total. The van der Waals surface area contributed by atoms with E-state index in [-0.39, 0.29) is 31.1 Å². The molecule has 72 heavy (non-hydrogen) atoms. The molecule has 0 aliphatic carbocycles. The Labute approximate surface area is 444 Å². The molecule has 410 valence electrons. The summed E-state index contributed by atoms with van der Waals surface area (Å²) in [6.45, 7) is 6.43. The molecule has 0 radical (unpaired) electrons. The summed E-state index contributed by atoms with van der Waals surface area (Å²) in [5.41, 5.74) is 0. The summed E-state index contributed by atoms with van der Waals surface area (Å²) in [7, 11) is 0. The number of unbranched alkanes of at least 4 members (excludes halogenated alkanes) is 24. The van der Waals surface area contributed by atoms with Crippen LogP contribution in [0.3, 0.4) is 0 Å². The van der Waals surface area contributed by atoms with E-state index in [1.165, 1.54) is 116 Å². The van der Waals surface area contributed by atoms with E-state index >= 15 is 0 Å². The molecule has 0 saturated carbocycles. The average molecular weight is 1000 g/mol. The molecule has 0 aromatic carbocycles. The van der Waals surface area contributed by atoms with Gasteiger partial charge in [0.15, 0.2) is 6.10 Å². The van der Waals surface area contributed by atoms with Crippen molar-refractivity contribution >= 4 is 17.9 Å². The van der Waals surface area contributed by atoms with Crippen molar-refractivity contribution in [2.45, 2.75) is 277 Å². The van der Waals surface area contributed by atoms with Crippen LogP contribution in [0.1, 0.15) is 271 Å². The van der Waals surface area contributed by atoms with Crippen molar-refractivity contribution in [3.05, 3.63) is 109 Å². The van der Waals surface area contributed by atoms with Crippen LogP contribution in [0.25, 0.3) is 0 Å². The second kappa shape index (κ2) is 59.6. The van der Waals surface area contributed by atoms with Gasteiger partial charge in [0.2, 0.25) is 0 Å². The Morgan fingerprint density at radius 3 is 0.875 bits per heavy atom. The van der Waals surface area contributed by atoms with Crippen molar-refractivity contribution in [2.75, 3.05) is 13.2 Å². The lowest BCUT2D eigenvalue weighted by Gasteiger charge is -2.18. The van der Waals surface area contributed by atoms with Gasteiger partial charge in [-0.2, -0.15) is 0 Å². The van der Waals surface area contributed by atoms with Crippen LogP contribution < -0.4 is 0 Å². The Balaban J connectivity index is 4.17. The first-order chi connectivity index (χ1) is 35.5. The maximum absolute atomic E-state index is 12.8. The fourth-order valence-corrected chi connectivity index (χ4v) is 8.04. The molecule has 0 aromatic heterocycles. The molecule has 6 heteroatoms. The van der Waals surface area contributed by atoms with Gasteiger partial charge in [0.05, 0.1) is 0 Å². The lowest BCUT2D eigenvalue weighted by atomic mass is 10.1. The number of carbonyl (C=O) groups is 3. The van der Waals surface area contributed by atoms with Crippen molar-refractivity contribution in [3.8, 4) is 0 Å². The average Bonchev–Trinajstić information content (AvgIpc) is 3.38. The summed E-state index contributed by atoms with van der Waals surface area (Å²) in [6, 6.07) is 0. The topological polar surface area (TPSA) is 78.9 Å². The predicted molar refractivity (Wildman–Crippen MR) is 311 cm³/mol. The summed E-state index contributed by atoms with van der Waals surface area (Å²) < 4.78 is 16.8. The molecular weight excluding hydrogens is 889 g/mol. The predicted octanol–water partition coefficient (Wildman–Crippen LogP) is 20.3. The van der Waals surface area contributed by atoms with E-state index < -0.39 is 6.10 Å². The van der Waals surface area contributed by atoms with E-state index in [4.69, 9.17) is 14.2 Å². The maximum atomic E-state index is 12.8. The number of rotatable bonds is 53. The van der Waals surface area contributed by atoms with Crippen molar-refractivity contribution in [1.82, 2.24) is 0 Å². The highest BCUT2D eigenvalue weighted by molar-refractivity contribution is 5.71. The van der Waals surface area contributed by atoms with Gasteiger partial charge in [-0.3, -0.25) is 14.4 Å². The van der Waals surface area contributed by atoms with E-state index in [1.54, 1.807) is 0 Å². The van der Waals surface area contributed by atoms with Crippen LogP contribution in [0.5, 0.6) is 0 Å². The zero-order valence-electron chi connectivity index (χ0n) is 46.9. The smallest absolute Gasteiger partial charge is 0.306 e. The van der Waals surface area contributed by atoms with Crippen molar-refractivity contribution in [3.63, 3.8) is 0 Å². The van der Waals surface area contributed by atoms with Crippen molar-refractivity contribution in [1.29, 1.82) is 0 Å². The molecule has 0 bridgehead atoms. The fraction of sp³-hybridized carbons (Fsp3) is 0.682. The van der Waals surface area contributed by atoms with E-state index in [9.17, 15) is 14.4 Å². The molecule has 0 aliphatic rings. The summed E-state index contributed by atoms with van der Waals surface area (Å²) in [4.78, 5) is 37.9. The van der Waals surface area contributed by atoms with Gasteiger partial charge in [-0.1, -0.05) is 252 Å². The van der Waals surface area contributed by atoms with Crippen LogP contribution in [0, 0.1) is 0 Å². The number of ether oxygens (including phenoxy) is 3. The SMILES string of the molecule is CC/C=C\C/C=C\C/C=C\C/C=C\C/C=C\C/C=C\C/C=C\CCCCCCCCCC(=O)OCC(COC(=O)CCCCCCCC)OC(=O)CCCCCCCCCCC/C=C\C/C=C\CCCCC. The number of esters is 3. The van der Waals surface area contributed by atoms with Gasteiger partial charge in [0.1, 0.15) is 13.2 Å². The minimum atomic E-state index is -0.783. The highest BCUT2D eigenvalue weighted by Crippen LogP contribution is 2.15. The molecule has 1 atom stereocenters. The third-order valence-corrected chi connectivity index (χ3v) is 12.5. The molecule has 0 aliphatic heterocycles. The Hall–Kier alpha value is -3.93. The van der Waals surface area contributed by atoms with Crippen molar-refractivity contribution < 1.29 is 28.6 Å². The Kier molecular flexibility index (Phi) is 56.4. The Morgan fingerprint density at radius 2 is 0.542 bits per heavy atom. The van der Waals surface area contributed by atoms with Gasteiger partial charge in [-0.05, 0) is 109 Å². The molecule has 0 rings (SSSR count). The molecule has 0 amide bonds. The molecule has 0 aromatic rings. The van der Waals surface area contributed by atoms with E-state index in [0.717, 1.165) is 116 Å². The van der Waals surface area contributed by atoms with Crippen molar-refractivity contribution in [2.24, 2.45) is 0 Å². The molecule has 0 fully saturated rings. The minimum Gasteiger partial charge on any atom is -0.462 e. The van der Waals surface area contributed by atoms with E-state index in [2.05, 4.69) is 130 Å². The first-order valence-electron chi connectivity index (χ1n) is 29.9. The van der Waals surface area contributed by atoms with Crippen LogP contribution >= 0.6 is 0 Å². The molecular formula is C66H110O6. The third-order valence-electron chi connectivity index (χ3n) is 12.5. The summed E-state index contributed by atoms with van der Waals surface area (Å²) in [5, 5.41) is 0. The third kappa shape index (κ3) is 57.0. The van der Waals surface area contributed by atoms with E-state index in [0.29, 0.717) is 19.3 Å². The number of hydrogen-bond donors (Lipinski definition) is 0. The number of hydrogen-bond acceptors (Lipinski definition) is 6. The van der Waals surface area contributed by atoms with Crippen LogP contribution in [0.4, 0.5) is 0 Å². The standard InChI is InChI=1S/C66H110O6/c1-4-7-10-13-16-18-20-22-24-26-28-29-30-31-32-33-34-35-36-37-39-40-42-44-46-48-50-53-56-59-65(68)71-62-63(61-70-64(67)58-55-52-15-12-9-6-3)72-66(69)60-57-54-51-49-47-45-43-41-38-27-25-23-21-19-17-14-11-8-5-2/h7,10,16-19,22-25,28-29,31-32,34-35,37,39,63H,4-6,8-9,11-15,20-21,26-27,30,33,36,38,40-62H2,1-3H3/b10-7-,18-16-,19-17-,24-22-,25-23-,29-28-,32-31-,35-34-,39-37-. The number of carbonyl (C=O) groups excluding carboxylic acids is 3. The molecule has 0 saturated heterocycles. The summed E-state index contributed by atoms with van der Waals surface area (Å²) >= 11 is 0. The normalized spacial score (nSPS) is 12.9. The quantitative estimate of drug-likeness (QED) is 0.0261. The van der Waals surface area contributed by atoms with Crippen LogP contribution in [-0.2, 0) is 28.6 Å². The molecule has 1 unspecified atom stereocenters. The van der Waals surface area contributed by atoms with Gasteiger partial charge in [0, 0.05) is 19.3 Å². The largest absolute Gasteiger partial charge is 0.462 e. The first-order valence-corrected chi connectivity index (χ1v) is 29.9. The monoisotopic (exact) mass is 999 g/mol. The van der Waals surface area contributed by atoms with Crippen LogP contribution in [-0.4, -0.2) is 37.2 Å². The van der Waals surface area contributed by atoms with Gasteiger partial charge in [-0.15, -0.1) is 0 Å². The zero-order chi connectivity index (χ0) is 52.2. The lowest BCUT2D eigenvalue weighted by Crippen LogP contribution is -2.30. The second-order valence-electron chi connectivity index (χ2n) is 19.5. The summed E-state index contributed by atoms with van der Waals surface area (Å²) in [5.74, 6) is -0.907. The Morgan fingerprint density at radius 1 is 0.292 bits per heavy atom. The van der Waals surface area contributed by atoms with Crippen LogP contribution in [0.15, 0.2) is 109 Å². The minimum absolute atomic E-state index is 0.0836. The van der Waals surface area contributed by atoms with Gasteiger partial charge in [0.25, 0.3) is 0 Å². The lowest BCUT2D eigenvalue weighted by molar-refractivity contribution is -0.167.